The molecule has 2 fully saturated rings. The molecule has 4 rings (SSSR count). The second kappa shape index (κ2) is 7.95. The second-order valence-electron chi connectivity index (χ2n) is 7.19. The van der Waals surface area contributed by atoms with Gasteiger partial charge in [0.1, 0.15) is 18.0 Å². The number of rotatable bonds is 4. The van der Waals surface area contributed by atoms with Gasteiger partial charge >= 0.3 is 12.1 Å². The van der Waals surface area contributed by atoms with Gasteiger partial charge in [0.25, 0.3) is 5.09 Å². The molecular weight excluding hydrogens is 495 g/mol. The lowest BCUT2D eigenvalue weighted by Gasteiger charge is -2.29. The molecule has 5 unspecified atom stereocenters. The first-order chi connectivity index (χ1) is 14.5. The zero-order chi connectivity index (χ0) is 22.5. The van der Waals surface area contributed by atoms with E-state index in [1.807, 2.05) is 0 Å². The molecule has 31 heavy (non-hydrogen) atoms. The summed E-state index contributed by atoms with van der Waals surface area (Å²) in [4.78, 5) is 27.7. The number of hydrogen-bond acceptors (Lipinski definition) is 8. The number of halogens is 4. The summed E-state index contributed by atoms with van der Waals surface area (Å²) in [6, 6.07) is 3.12. The molecule has 3 aliphatic rings. The minimum absolute atomic E-state index is 0.0187. The summed E-state index contributed by atoms with van der Waals surface area (Å²) in [5, 5.41) is 9.55. The molecule has 1 aromatic carbocycles. The molecule has 5 atom stereocenters. The van der Waals surface area contributed by atoms with E-state index in [0.29, 0.717) is 10.0 Å². The van der Waals surface area contributed by atoms with Crippen LogP contribution in [0.5, 0.6) is 5.75 Å². The van der Waals surface area contributed by atoms with Crippen LogP contribution < -0.4 is 4.74 Å². The number of fused-ring (bicyclic) bond motifs is 2. The summed E-state index contributed by atoms with van der Waals surface area (Å²) >= 11 is 3.26. The molecule has 0 radical (unpaired) electrons. The van der Waals surface area contributed by atoms with E-state index in [2.05, 4.69) is 20.8 Å². The summed E-state index contributed by atoms with van der Waals surface area (Å²) < 4.78 is 62.7. The van der Waals surface area contributed by atoms with E-state index in [9.17, 15) is 28.1 Å². The van der Waals surface area contributed by atoms with Crippen LogP contribution in [0.2, 0.25) is 0 Å². The van der Waals surface area contributed by atoms with Crippen molar-refractivity contribution >= 4 is 28.0 Å². The van der Waals surface area contributed by atoms with Crippen molar-refractivity contribution < 1.29 is 46.8 Å². The fourth-order valence-electron chi connectivity index (χ4n) is 3.79. The van der Waals surface area contributed by atoms with Crippen LogP contribution >= 0.6 is 15.9 Å². The fourth-order valence-corrected chi connectivity index (χ4v) is 4.38. The number of nitrogens with zero attached hydrogens (tertiary/aromatic N) is 1. The molecule has 2 saturated heterocycles. The number of carbonyl (C=O) groups excluding carboxylic acids is 1. The Balaban J connectivity index is 1.56. The maximum absolute atomic E-state index is 13.6. The van der Waals surface area contributed by atoms with Crippen molar-refractivity contribution in [2.24, 2.45) is 0 Å². The van der Waals surface area contributed by atoms with E-state index in [1.54, 1.807) is 13.0 Å². The largest absolute Gasteiger partial charge is 0.475 e. The quantitative estimate of drug-likeness (QED) is 0.346. The van der Waals surface area contributed by atoms with Crippen LogP contribution in [0, 0.1) is 17.0 Å². The van der Waals surface area contributed by atoms with E-state index >= 15 is 0 Å². The first kappa shape index (κ1) is 21.8. The molecule has 3 aliphatic heterocycles. The van der Waals surface area contributed by atoms with Gasteiger partial charge in [0.2, 0.25) is 6.10 Å². The van der Waals surface area contributed by atoms with Crippen LogP contribution in [0.1, 0.15) is 11.1 Å². The van der Waals surface area contributed by atoms with Crippen LogP contribution in [-0.4, -0.2) is 61.0 Å². The first-order valence-electron chi connectivity index (χ1n) is 9.05. The van der Waals surface area contributed by atoms with E-state index < -0.39 is 53.3 Å². The van der Waals surface area contributed by atoms with Crippen LogP contribution in [0.4, 0.5) is 13.2 Å². The third-order valence-electron chi connectivity index (χ3n) is 5.07. The van der Waals surface area contributed by atoms with Crippen molar-refractivity contribution in [3.63, 3.8) is 0 Å². The van der Waals surface area contributed by atoms with Gasteiger partial charge in [0.15, 0.2) is 12.2 Å². The maximum Gasteiger partial charge on any atom is 0.430 e. The van der Waals surface area contributed by atoms with Crippen LogP contribution in [0.3, 0.4) is 0 Å². The van der Waals surface area contributed by atoms with Gasteiger partial charge in [0, 0.05) is 10.0 Å². The third-order valence-corrected chi connectivity index (χ3v) is 5.53. The standard InChI is InChI=1S/C18H15BrF3NO8/c1-7-2-9(19)3-8-4-10(16(18(20,21)22)30-13(7)8)17(24)29-11-5-27-15-12(31-23(25)26)6-28-14(11)15/h2-4,11-12,14-16H,5-6H2,1H3. The number of esters is 1. The molecule has 1 aromatic rings. The molecule has 0 bridgehead atoms. The molecule has 0 N–H and O–H groups in total. The highest BCUT2D eigenvalue weighted by molar-refractivity contribution is 9.10. The summed E-state index contributed by atoms with van der Waals surface area (Å²) in [5.74, 6) is -1.23. The smallest absolute Gasteiger partial charge is 0.430 e. The average molecular weight is 510 g/mol. The Morgan fingerprint density at radius 1 is 1.23 bits per heavy atom. The maximum atomic E-state index is 13.6. The molecule has 0 spiro atoms. The van der Waals surface area contributed by atoms with E-state index in [0.717, 1.165) is 6.08 Å². The predicted octanol–water partition coefficient (Wildman–Crippen LogP) is 2.75. The number of ether oxygens (including phenoxy) is 4. The molecule has 13 heteroatoms. The fraction of sp³-hybridized carbons (Fsp3) is 0.500. The topological polar surface area (TPSA) is 106 Å². The summed E-state index contributed by atoms with van der Waals surface area (Å²) in [7, 11) is 0. The number of aryl methyl sites for hydroxylation is 1. The van der Waals surface area contributed by atoms with E-state index in [-0.39, 0.29) is 24.5 Å². The van der Waals surface area contributed by atoms with Gasteiger partial charge in [0.05, 0.1) is 18.8 Å². The zero-order valence-corrected chi connectivity index (χ0v) is 17.3. The molecule has 168 valence electrons. The lowest BCUT2D eigenvalue weighted by Crippen LogP contribution is -2.43. The Bertz CT molecular complexity index is 952. The summed E-state index contributed by atoms with van der Waals surface area (Å²) in [6.07, 6.45) is -10.1. The molecule has 0 amide bonds. The SMILES string of the molecule is Cc1cc(Br)cc2c1OC(C(F)(F)F)C(C(=O)OC1COC3C(O[N+](=O)[O-])COC13)=C2. The lowest BCUT2D eigenvalue weighted by molar-refractivity contribution is -0.769. The molecule has 3 heterocycles. The van der Waals surface area contributed by atoms with Crippen LogP contribution in [-0.2, 0) is 23.8 Å². The van der Waals surface area contributed by atoms with Crippen molar-refractivity contribution in [3.05, 3.63) is 43.4 Å². The highest BCUT2D eigenvalue weighted by atomic mass is 79.9. The van der Waals surface area contributed by atoms with Gasteiger partial charge < -0.3 is 23.8 Å². The van der Waals surface area contributed by atoms with Crippen molar-refractivity contribution in [3.8, 4) is 5.75 Å². The van der Waals surface area contributed by atoms with Gasteiger partial charge in [-0.25, -0.2) is 4.79 Å². The number of hydrogen-bond donors (Lipinski definition) is 0. The van der Waals surface area contributed by atoms with Gasteiger partial charge in [-0.1, -0.05) is 15.9 Å². The Morgan fingerprint density at radius 2 is 1.87 bits per heavy atom. The van der Waals surface area contributed by atoms with Gasteiger partial charge in [-0.05, 0) is 30.7 Å². The number of benzene rings is 1. The Labute approximate surface area is 181 Å². The van der Waals surface area contributed by atoms with Gasteiger partial charge in [-0.2, -0.15) is 13.2 Å². The minimum Gasteiger partial charge on any atom is -0.475 e. The van der Waals surface area contributed by atoms with Gasteiger partial charge in [-0.15, -0.1) is 10.1 Å². The summed E-state index contributed by atoms with van der Waals surface area (Å²) in [6.45, 7) is 1.21. The summed E-state index contributed by atoms with van der Waals surface area (Å²) in [5.41, 5.74) is 0.0268. The van der Waals surface area contributed by atoms with Crippen LogP contribution in [0.25, 0.3) is 6.08 Å². The van der Waals surface area contributed by atoms with Crippen molar-refractivity contribution in [2.45, 2.75) is 43.6 Å². The zero-order valence-electron chi connectivity index (χ0n) is 15.8. The molecule has 0 aliphatic carbocycles. The van der Waals surface area contributed by atoms with Crippen molar-refractivity contribution in [2.75, 3.05) is 13.2 Å². The predicted molar refractivity (Wildman–Crippen MR) is 98.6 cm³/mol. The number of alkyl halides is 3. The number of carbonyl (C=O) groups is 1. The highest BCUT2D eigenvalue weighted by Crippen LogP contribution is 2.41. The third kappa shape index (κ3) is 4.21. The Morgan fingerprint density at radius 3 is 2.52 bits per heavy atom. The van der Waals surface area contributed by atoms with E-state index in [4.69, 9.17) is 18.9 Å². The minimum atomic E-state index is -4.87. The van der Waals surface area contributed by atoms with Crippen molar-refractivity contribution in [1.82, 2.24) is 0 Å². The average Bonchev–Trinajstić information content (AvgIpc) is 3.23. The molecule has 0 saturated carbocycles. The van der Waals surface area contributed by atoms with Gasteiger partial charge in [-0.3, -0.25) is 0 Å². The highest BCUT2D eigenvalue weighted by Gasteiger charge is 2.53. The molecule has 9 nitrogen and oxygen atoms in total. The lowest BCUT2D eigenvalue weighted by atomic mass is 9.99. The Kier molecular flexibility index (Phi) is 5.60. The van der Waals surface area contributed by atoms with E-state index in [1.165, 1.54) is 6.07 Å². The van der Waals surface area contributed by atoms with Crippen molar-refractivity contribution in [1.29, 1.82) is 0 Å². The molecular formula is C18H15BrF3NO8. The molecule has 0 aromatic heterocycles. The second-order valence-corrected chi connectivity index (χ2v) is 8.10. The normalized spacial score (nSPS) is 29.5. The Hall–Kier alpha value is -2.38. The van der Waals surface area contributed by atoms with Crippen LogP contribution in [0.15, 0.2) is 22.2 Å². The first-order valence-corrected chi connectivity index (χ1v) is 9.84. The monoisotopic (exact) mass is 509 g/mol.